The summed E-state index contributed by atoms with van der Waals surface area (Å²) >= 11 is 0. The number of nitrogen functional groups attached to an aromatic ring is 1. The first-order chi connectivity index (χ1) is 15.7. The predicted molar refractivity (Wildman–Crippen MR) is 113 cm³/mol. The van der Waals surface area contributed by atoms with Crippen LogP contribution in [0.5, 0.6) is 11.5 Å². The third-order valence-corrected chi connectivity index (χ3v) is 4.24. The third kappa shape index (κ3) is 6.23. The SMILES string of the molecule is CCOC(=O)Oc1c2ccc(CC(=O)N(COC)C(=O)O)ccc-2c(OC(=O)OCC)c1N. The molecule has 2 amide bonds. The molecule has 0 aliphatic heterocycles. The molecule has 0 atom stereocenters. The number of ether oxygens (including phenoxy) is 5. The Hall–Kier alpha value is -4.06. The van der Waals surface area contributed by atoms with Crippen molar-refractivity contribution >= 4 is 30.0 Å². The van der Waals surface area contributed by atoms with Gasteiger partial charge in [0.05, 0.1) is 19.6 Å². The number of amides is 2. The Morgan fingerprint density at radius 1 is 0.909 bits per heavy atom. The van der Waals surface area contributed by atoms with Crippen LogP contribution in [0, 0.1) is 0 Å². The lowest BCUT2D eigenvalue weighted by molar-refractivity contribution is -0.132. The van der Waals surface area contributed by atoms with E-state index in [4.69, 9.17) is 29.4 Å². The first-order valence-corrected chi connectivity index (χ1v) is 9.78. The van der Waals surface area contributed by atoms with E-state index in [1.165, 1.54) is 31.4 Å². The van der Waals surface area contributed by atoms with Crippen molar-refractivity contribution in [2.24, 2.45) is 0 Å². The molecule has 178 valence electrons. The van der Waals surface area contributed by atoms with Crippen LogP contribution in [-0.2, 0) is 25.4 Å². The molecular weight excluding hydrogens is 440 g/mol. The Bertz CT molecular complexity index is 949. The van der Waals surface area contributed by atoms with Crippen LogP contribution in [0.25, 0.3) is 11.1 Å². The zero-order valence-electron chi connectivity index (χ0n) is 18.3. The van der Waals surface area contributed by atoms with Crippen LogP contribution in [0.15, 0.2) is 24.3 Å². The molecule has 2 aliphatic carbocycles. The van der Waals surface area contributed by atoms with Gasteiger partial charge in [0, 0.05) is 18.2 Å². The molecule has 0 aromatic heterocycles. The average molecular weight is 464 g/mol. The maximum atomic E-state index is 12.4. The number of anilines is 1. The number of imide groups is 1. The monoisotopic (exact) mass is 464 g/mol. The number of carbonyl (C=O) groups is 4. The van der Waals surface area contributed by atoms with Gasteiger partial charge in [-0.2, -0.15) is 0 Å². The van der Waals surface area contributed by atoms with E-state index in [-0.39, 0.29) is 47.9 Å². The summed E-state index contributed by atoms with van der Waals surface area (Å²) in [5, 5.41) is 9.17. The smallest absolute Gasteiger partial charge is 0.465 e. The number of hydrogen-bond acceptors (Lipinski definition) is 10. The molecule has 0 heterocycles. The second kappa shape index (κ2) is 11.5. The lowest BCUT2D eigenvalue weighted by Gasteiger charge is -2.15. The Labute approximate surface area is 189 Å². The van der Waals surface area contributed by atoms with Gasteiger partial charge in [0.1, 0.15) is 12.4 Å². The van der Waals surface area contributed by atoms with Crippen LogP contribution >= 0.6 is 0 Å². The molecule has 12 heteroatoms. The van der Waals surface area contributed by atoms with Gasteiger partial charge >= 0.3 is 18.4 Å². The number of fused-ring (bicyclic) bond motifs is 1. The van der Waals surface area contributed by atoms with Gasteiger partial charge in [-0.3, -0.25) is 4.79 Å². The number of carboxylic acid groups (broad SMARTS) is 1. The lowest BCUT2D eigenvalue weighted by atomic mass is 10.2. The van der Waals surface area contributed by atoms with Gasteiger partial charge in [-0.05, 0) is 19.4 Å². The Morgan fingerprint density at radius 3 is 1.79 bits per heavy atom. The Balaban J connectivity index is 2.48. The summed E-state index contributed by atoms with van der Waals surface area (Å²) < 4.78 is 24.7. The molecule has 0 bridgehead atoms. The summed E-state index contributed by atoms with van der Waals surface area (Å²) in [6.07, 6.45) is -3.76. The highest BCUT2D eigenvalue weighted by Crippen LogP contribution is 2.50. The van der Waals surface area contributed by atoms with E-state index in [1.54, 1.807) is 13.8 Å². The average Bonchev–Trinajstić information content (AvgIpc) is 2.88. The highest BCUT2D eigenvalue weighted by atomic mass is 16.7. The standard InChI is InChI=1S/C21H24N2O10/c1-4-30-20(27)32-17-13-8-6-12(10-15(24)23(11-29-3)19(25)26)7-9-14(13)18(16(17)22)33-21(28)31-5-2/h6-9H,4-5,10-11,22H2,1-3H3,(H,25,26). The van der Waals surface area contributed by atoms with E-state index in [1.807, 2.05) is 0 Å². The fraction of sp³-hybridized carbons (Fsp3) is 0.333. The number of nitrogens with zero attached hydrogens (tertiary/aromatic N) is 1. The molecule has 0 fully saturated rings. The summed E-state index contributed by atoms with van der Waals surface area (Å²) in [4.78, 5) is 47.9. The molecule has 0 saturated heterocycles. The molecule has 12 nitrogen and oxygen atoms in total. The molecule has 0 aromatic carbocycles. The van der Waals surface area contributed by atoms with Crippen LogP contribution in [-0.4, -0.2) is 61.4 Å². The number of rotatable bonds is 8. The molecule has 3 N–H and O–H groups in total. The number of nitrogens with two attached hydrogens (primary N) is 1. The van der Waals surface area contributed by atoms with Gasteiger partial charge in [0.15, 0.2) is 11.5 Å². The van der Waals surface area contributed by atoms with Crippen LogP contribution in [0.1, 0.15) is 19.4 Å². The van der Waals surface area contributed by atoms with E-state index < -0.39 is 31.0 Å². The maximum Gasteiger partial charge on any atom is 0.513 e. The van der Waals surface area contributed by atoms with Crippen molar-refractivity contribution in [3.05, 3.63) is 29.8 Å². The minimum Gasteiger partial charge on any atom is -0.465 e. The summed E-state index contributed by atoms with van der Waals surface area (Å²) in [5.41, 5.74) is 6.92. The summed E-state index contributed by atoms with van der Waals surface area (Å²) in [6, 6.07) is 6.00. The van der Waals surface area contributed by atoms with E-state index in [2.05, 4.69) is 0 Å². The van der Waals surface area contributed by atoms with E-state index in [9.17, 15) is 24.3 Å². The first-order valence-electron chi connectivity index (χ1n) is 9.78. The second-order valence-corrected chi connectivity index (χ2v) is 6.41. The number of carbonyl (C=O) groups excluding carboxylic acids is 3. The summed E-state index contributed by atoms with van der Waals surface area (Å²) in [6.45, 7) is 2.88. The number of methoxy groups -OCH3 is 1. The molecule has 2 rings (SSSR count). The minimum atomic E-state index is -1.45. The van der Waals surface area contributed by atoms with Crippen LogP contribution in [0.3, 0.4) is 0 Å². The molecule has 0 unspecified atom stereocenters. The zero-order chi connectivity index (χ0) is 24.5. The largest absolute Gasteiger partial charge is 0.513 e. The van der Waals surface area contributed by atoms with Crippen molar-refractivity contribution < 1.29 is 48.0 Å². The van der Waals surface area contributed by atoms with Gasteiger partial charge in [-0.1, -0.05) is 24.3 Å². The topological polar surface area (TPSA) is 164 Å². The predicted octanol–water partition coefficient (Wildman–Crippen LogP) is 3.10. The molecule has 0 aromatic rings. The molecule has 0 saturated carbocycles. The van der Waals surface area contributed by atoms with Crippen molar-refractivity contribution in [1.29, 1.82) is 0 Å². The fourth-order valence-corrected chi connectivity index (χ4v) is 2.84. The van der Waals surface area contributed by atoms with Gasteiger partial charge < -0.3 is 34.5 Å². The maximum absolute atomic E-state index is 12.4. The van der Waals surface area contributed by atoms with Crippen LogP contribution < -0.4 is 15.2 Å². The number of hydrogen-bond donors (Lipinski definition) is 2. The van der Waals surface area contributed by atoms with Crippen molar-refractivity contribution in [1.82, 2.24) is 4.90 Å². The van der Waals surface area contributed by atoms with Gasteiger partial charge in [-0.15, -0.1) is 0 Å². The van der Waals surface area contributed by atoms with Crippen molar-refractivity contribution in [2.45, 2.75) is 20.3 Å². The van der Waals surface area contributed by atoms with E-state index >= 15 is 0 Å². The molecule has 33 heavy (non-hydrogen) atoms. The highest BCUT2D eigenvalue weighted by Gasteiger charge is 2.28. The molecule has 0 spiro atoms. The van der Waals surface area contributed by atoms with Crippen molar-refractivity contribution in [2.75, 3.05) is 32.8 Å². The van der Waals surface area contributed by atoms with Crippen molar-refractivity contribution in [3.63, 3.8) is 0 Å². The summed E-state index contributed by atoms with van der Waals surface area (Å²) in [5.74, 6) is -0.939. The van der Waals surface area contributed by atoms with E-state index in [0.717, 1.165) is 0 Å². The quantitative estimate of drug-likeness (QED) is 0.435. The van der Waals surface area contributed by atoms with Crippen molar-refractivity contribution in [3.8, 4) is 22.6 Å². The van der Waals surface area contributed by atoms with Crippen LogP contribution in [0.4, 0.5) is 20.1 Å². The summed E-state index contributed by atoms with van der Waals surface area (Å²) in [7, 11) is 1.26. The third-order valence-electron chi connectivity index (χ3n) is 4.24. The van der Waals surface area contributed by atoms with Gasteiger partial charge in [0.2, 0.25) is 5.91 Å². The van der Waals surface area contributed by atoms with E-state index in [0.29, 0.717) is 10.5 Å². The van der Waals surface area contributed by atoms with Gasteiger partial charge in [0.25, 0.3) is 0 Å². The zero-order valence-corrected chi connectivity index (χ0v) is 18.3. The molecular formula is C21H24N2O10. The normalized spacial score (nSPS) is 10.4. The Morgan fingerprint density at radius 2 is 1.39 bits per heavy atom. The lowest BCUT2D eigenvalue weighted by Crippen LogP contribution is -2.38. The molecule has 2 aliphatic rings. The van der Waals surface area contributed by atoms with Gasteiger partial charge in [-0.25, -0.2) is 19.3 Å². The first kappa shape index (κ1) is 25.2. The highest BCUT2D eigenvalue weighted by molar-refractivity contribution is 5.95. The Kier molecular flexibility index (Phi) is 8.80. The fourth-order valence-electron chi connectivity index (χ4n) is 2.84. The minimum absolute atomic E-state index is 0.0607. The van der Waals surface area contributed by atoms with Crippen LogP contribution in [0.2, 0.25) is 0 Å². The second-order valence-electron chi connectivity index (χ2n) is 6.41. The molecule has 0 radical (unpaired) electrons.